The molecule has 0 bridgehead atoms. The zero-order valence-electron chi connectivity index (χ0n) is 14.3. The minimum Gasteiger partial charge on any atom is -0.372 e. The molecule has 140 valence electrons. The number of hydrogen-bond acceptors (Lipinski definition) is 5. The summed E-state index contributed by atoms with van der Waals surface area (Å²) in [4.78, 5) is 21.4. The molecule has 1 aliphatic rings. The molecule has 0 spiro atoms. The van der Waals surface area contributed by atoms with E-state index < -0.39 is 12.0 Å². The van der Waals surface area contributed by atoms with E-state index >= 15 is 0 Å². The van der Waals surface area contributed by atoms with E-state index in [0.29, 0.717) is 18.5 Å². The van der Waals surface area contributed by atoms with Crippen LogP contribution < -0.4 is 0 Å². The lowest BCUT2D eigenvalue weighted by Gasteiger charge is -2.35. The zero-order valence-corrected chi connectivity index (χ0v) is 15.1. The Hall–Kier alpha value is -1.87. The van der Waals surface area contributed by atoms with E-state index in [-0.39, 0.29) is 34.4 Å². The number of carbonyl (C=O) groups excluding carboxylic acids is 1. The van der Waals surface area contributed by atoms with Gasteiger partial charge in [-0.3, -0.25) is 4.79 Å². The Labute approximate surface area is 152 Å². The lowest BCUT2D eigenvalue weighted by atomic mass is 10.2. The second-order valence-corrected chi connectivity index (χ2v) is 7.18. The van der Waals surface area contributed by atoms with Crippen LogP contribution in [0.3, 0.4) is 0 Å². The third-order valence-corrected chi connectivity index (χ3v) is 4.90. The molecule has 0 aliphatic carbocycles. The van der Waals surface area contributed by atoms with Crippen LogP contribution in [0, 0.1) is 0 Å². The molecule has 5 nitrogen and oxygen atoms in total. The van der Waals surface area contributed by atoms with Crippen molar-refractivity contribution in [3.05, 3.63) is 30.1 Å². The minimum atomic E-state index is -4.64. The van der Waals surface area contributed by atoms with E-state index in [1.54, 1.807) is 23.1 Å². The average molecular weight is 385 g/mol. The number of para-hydroxylation sites is 1. The average Bonchev–Trinajstić information content (AvgIpc) is 2.57. The molecule has 0 N–H and O–H groups in total. The number of fused-ring (bicyclic) bond motifs is 1. The predicted molar refractivity (Wildman–Crippen MR) is 91.9 cm³/mol. The zero-order chi connectivity index (χ0) is 18.9. The first-order valence-electron chi connectivity index (χ1n) is 8.14. The number of halogens is 3. The molecular weight excluding hydrogens is 367 g/mol. The predicted octanol–water partition coefficient (Wildman–Crippen LogP) is 3.38. The Morgan fingerprint density at radius 2 is 1.88 bits per heavy atom. The molecule has 0 unspecified atom stereocenters. The highest BCUT2D eigenvalue weighted by atomic mass is 32.2. The lowest BCUT2D eigenvalue weighted by Crippen LogP contribution is -2.48. The van der Waals surface area contributed by atoms with Crippen LogP contribution in [0.1, 0.15) is 19.7 Å². The van der Waals surface area contributed by atoms with E-state index in [9.17, 15) is 18.0 Å². The van der Waals surface area contributed by atoms with Gasteiger partial charge < -0.3 is 9.64 Å². The van der Waals surface area contributed by atoms with Crippen molar-refractivity contribution < 1.29 is 22.7 Å². The lowest BCUT2D eigenvalue weighted by molar-refractivity contribution is -0.145. The number of thioether (sulfide) groups is 1. The Balaban J connectivity index is 1.81. The molecule has 1 amide bonds. The van der Waals surface area contributed by atoms with Gasteiger partial charge >= 0.3 is 6.18 Å². The molecule has 0 saturated carbocycles. The van der Waals surface area contributed by atoms with Crippen molar-refractivity contribution in [2.45, 2.75) is 37.3 Å². The maximum absolute atomic E-state index is 13.0. The third kappa shape index (κ3) is 4.27. The molecule has 2 aromatic rings. The van der Waals surface area contributed by atoms with Crippen LogP contribution in [0.4, 0.5) is 13.2 Å². The largest absolute Gasteiger partial charge is 0.451 e. The molecule has 0 radical (unpaired) electrons. The Morgan fingerprint density at radius 3 is 2.54 bits per heavy atom. The summed E-state index contributed by atoms with van der Waals surface area (Å²) >= 11 is 1.00. The summed E-state index contributed by atoms with van der Waals surface area (Å²) in [5, 5.41) is 0.660. The van der Waals surface area contributed by atoms with Gasteiger partial charge in [0.2, 0.25) is 11.7 Å². The number of rotatable bonds is 3. The van der Waals surface area contributed by atoms with Crippen molar-refractivity contribution in [1.29, 1.82) is 0 Å². The van der Waals surface area contributed by atoms with Gasteiger partial charge in [0.05, 0.1) is 23.5 Å². The number of alkyl halides is 3. The number of morpholine rings is 1. The fourth-order valence-corrected chi connectivity index (χ4v) is 3.81. The van der Waals surface area contributed by atoms with Gasteiger partial charge in [-0.1, -0.05) is 30.0 Å². The van der Waals surface area contributed by atoms with Crippen molar-refractivity contribution in [3.8, 4) is 0 Å². The maximum atomic E-state index is 13.0. The summed E-state index contributed by atoms with van der Waals surface area (Å²) in [7, 11) is 0. The van der Waals surface area contributed by atoms with Crippen LogP contribution in [0.2, 0.25) is 0 Å². The van der Waals surface area contributed by atoms with Crippen LogP contribution in [0.25, 0.3) is 10.9 Å². The summed E-state index contributed by atoms with van der Waals surface area (Å²) < 4.78 is 44.7. The van der Waals surface area contributed by atoms with Gasteiger partial charge in [0, 0.05) is 18.5 Å². The molecule has 26 heavy (non-hydrogen) atoms. The number of carbonyl (C=O) groups is 1. The highest BCUT2D eigenvalue weighted by Gasteiger charge is 2.35. The first-order valence-corrected chi connectivity index (χ1v) is 9.12. The van der Waals surface area contributed by atoms with Gasteiger partial charge in [-0.25, -0.2) is 9.97 Å². The van der Waals surface area contributed by atoms with Crippen molar-refractivity contribution in [2.24, 2.45) is 0 Å². The number of aromatic nitrogens is 2. The number of amides is 1. The molecule has 1 fully saturated rings. The van der Waals surface area contributed by atoms with Crippen LogP contribution in [-0.2, 0) is 15.7 Å². The highest BCUT2D eigenvalue weighted by Crippen LogP contribution is 2.32. The number of benzene rings is 1. The van der Waals surface area contributed by atoms with E-state index in [2.05, 4.69) is 9.97 Å². The van der Waals surface area contributed by atoms with E-state index in [1.165, 1.54) is 6.07 Å². The molecule has 3 rings (SSSR count). The van der Waals surface area contributed by atoms with E-state index in [1.807, 2.05) is 13.8 Å². The Kier molecular flexibility index (Phi) is 5.38. The molecule has 9 heteroatoms. The summed E-state index contributed by atoms with van der Waals surface area (Å²) in [6.45, 7) is 4.72. The van der Waals surface area contributed by atoms with Crippen LogP contribution in [0.15, 0.2) is 29.3 Å². The first-order chi connectivity index (χ1) is 12.2. The minimum absolute atomic E-state index is 0.0117. The highest BCUT2D eigenvalue weighted by molar-refractivity contribution is 8.00. The number of ether oxygens (including phenoxy) is 1. The van der Waals surface area contributed by atoms with Gasteiger partial charge in [-0.15, -0.1) is 0 Å². The molecule has 1 aromatic carbocycles. The molecule has 1 aromatic heterocycles. The second-order valence-electron chi connectivity index (χ2n) is 6.21. The van der Waals surface area contributed by atoms with Gasteiger partial charge in [0.15, 0.2) is 0 Å². The molecule has 2 atom stereocenters. The fourth-order valence-electron chi connectivity index (χ4n) is 2.89. The van der Waals surface area contributed by atoms with E-state index in [4.69, 9.17) is 4.74 Å². The summed E-state index contributed by atoms with van der Waals surface area (Å²) in [5.41, 5.74) is 0.207. The third-order valence-electron chi connectivity index (χ3n) is 3.93. The van der Waals surface area contributed by atoms with E-state index in [0.717, 1.165) is 11.8 Å². The fraction of sp³-hybridized carbons (Fsp3) is 0.471. The number of hydrogen-bond donors (Lipinski definition) is 0. The maximum Gasteiger partial charge on any atom is 0.451 e. The van der Waals surface area contributed by atoms with Crippen LogP contribution in [0.5, 0.6) is 0 Å². The summed E-state index contributed by atoms with van der Waals surface area (Å²) in [5.74, 6) is -1.33. The Bertz CT molecular complexity index is 805. The first kappa shape index (κ1) is 18.9. The normalized spacial score (nSPS) is 21.2. The molecular formula is C17H18F3N3O2S. The quantitative estimate of drug-likeness (QED) is 0.599. The monoisotopic (exact) mass is 385 g/mol. The van der Waals surface area contributed by atoms with Gasteiger partial charge in [-0.2, -0.15) is 13.2 Å². The smallest absolute Gasteiger partial charge is 0.372 e. The second kappa shape index (κ2) is 7.40. The standard InChI is InChI=1S/C17H18F3N3O2S/c1-10-7-23(8-11(2)25-10)14(24)9-26-15-12-5-3-4-6-13(12)21-16(22-15)17(18,19)20/h3-6,10-11H,7-9H2,1-2H3/t10-,11-/m1/s1. The molecule has 2 heterocycles. The molecule has 1 aliphatic heterocycles. The van der Waals surface area contributed by atoms with Crippen molar-refractivity contribution in [3.63, 3.8) is 0 Å². The van der Waals surface area contributed by atoms with Crippen molar-refractivity contribution in [2.75, 3.05) is 18.8 Å². The van der Waals surface area contributed by atoms with Crippen LogP contribution in [-0.4, -0.2) is 51.8 Å². The van der Waals surface area contributed by atoms with Gasteiger partial charge in [-0.05, 0) is 19.9 Å². The van der Waals surface area contributed by atoms with Crippen LogP contribution >= 0.6 is 11.8 Å². The summed E-state index contributed by atoms with van der Waals surface area (Å²) in [6, 6.07) is 6.48. The van der Waals surface area contributed by atoms with Gasteiger partial charge in [0.25, 0.3) is 0 Å². The van der Waals surface area contributed by atoms with Crippen molar-refractivity contribution in [1.82, 2.24) is 14.9 Å². The van der Waals surface area contributed by atoms with Crippen molar-refractivity contribution >= 4 is 28.6 Å². The topological polar surface area (TPSA) is 55.3 Å². The SMILES string of the molecule is C[C@@H]1CN(C(=O)CSc2nc(C(F)(F)F)nc3ccccc23)C[C@@H](C)O1. The number of nitrogens with zero attached hydrogens (tertiary/aromatic N) is 3. The van der Waals surface area contributed by atoms with Gasteiger partial charge in [0.1, 0.15) is 5.03 Å². The summed E-state index contributed by atoms with van der Waals surface area (Å²) in [6.07, 6.45) is -4.77. The Morgan fingerprint density at radius 1 is 1.23 bits per heavy atom. The molecule has 1 saturated heterocycles.